The van der Waals surface area contributed by atoms with Crippen molar-refractivity contribution in [2.24, 2.45) is 0 Å². The highest BCUT2D eigenvalue weighted by molar-refractivity contribution is 5.66. The number of aromatic nitrogens is 2. The van der Waals surface area contributed by atoms with Gasteiger partial charge in [-0.2, -0.15) is 4.98 Å². The summed E-state index contributed by atoms with van der Waals surface area (Å²) in [7, 11) is 0. The van der Waals surface area contributed by atoms with E-state index < -0.39 is 0 Å². The first-order valence-electron chi connectivity index (χ1n) is 7.35. The van der Waals surface area contributed by atoms with Crippen molar-refractivity contribution in [3.8, 4) is 5.88 Å². The van der Waals surface area contributed by atoms with Crippen LogP contribution in [0.2, 0.25) is 0 Å². The molecule has 6 heteroatoms. The molecule has 0 aliphatic carbocycles. The fourth-order valence-electron chi connectivity index (χ4n) is 1.98. The largest absolute Gasteiger partial charge is 0.476 e. The number of benzene rings is 1. The number of nitrogens with one attached hydrogen (secondary N) is 1. The summed E-state index contributed by atoms with van der Waals surface area (Å²) in [6, 6.07) is 6.44. The molecule has 0 bridgehead atoms. The average Bonchev–Trinajstić information content (AvgIpc) is 2.51. The normalized spacial score (nSPS) is 10.5. The fourth-order valence-corrected chi connectivity index (χ4v) is 1.98. The Hall–Kier alpha value is -2.37. The molecule has 118 valence electrons. The van der Waals surface area contributed by atoms with E-state index in [1.165, 1.54) is 12.1 Å². The second-order valence-corrected chi connectivity index (χ2v) is 4.99. The lowest BCUT2D eigenvalue weighted by Crippen LogP contribution is -2.12. The molecule has 0 aliphatic heterocycles. The molecule has 0 spiro atoms. The first kappa shape index (κ1) is 16.0. The van der Waals surface area contributed by atoms with Crippen LogP contribution in [-0.2, 0) is 6.42 Å². The lowest BCUT2D eigenvalue weighted by atomic mass is 10.1. The Morgan fingerprint density at radius 2 is 1.95 bits per heavy atom. The molecular formula is C16H21FN4O. The highest BCUT2D eigenvalue weighted by Crippen LogP contribution is 2.26. The van der Waals surface area contributed by atoms with Gasteiger partial charge in [-0.15, -0.1) is 0 Å². The van der Waals surface area contributed by atoms with Crippen LogP contribution in [0.15, 0.2) is 24.3 Å². The zero-order valence-electron chi connectivity index (χ0n) is 12.9. The number of nitrogens with two attached hydrogens (primary N) is 1. The molecule has 2 aromatic rings. The van der Waals surface area contributed by atoms with Gasteiger partial charge >= 0.3 is 0 Å². The molecule has 0 unspecified atom stereocenters. The van der Waals surface area contributed by atoms with Crippen molar-refractivity contribution in [3.63, 3.8) is 0 Å². The molecule has 0 aliphatic rings. The molecule has 1 aromatic heterocycles. The minimum Gasteiger partial charge on any atom is -0.476 e. The Labute approximate surface area is 129 Å². The third kappa shape index (κ3) is 4.31. The number of ether oxygens (including phenoxy) is 1. The number of rotatable bonds is 7. The Bertz CT molecular complexity index is 616. The van der Waals surface area contributed by atoms with E-state index in [2.05, 4.69) is 15.3 Å². The standard InChI is InChI=1S/C16H21FN4O/c1-3-10-22-16-14(18)15(20-11(2)21-16)19-9-8-12-4-6-13(17)7-5-12/h4-7H,3,8-10,18H2,1-2H3,(H,19,20,21). The quantitative estimate of drug-likeness (QED) is 0.822. The van der Waals surface area contributed by atoms with Crippen LogP contribution in [0.1, 0.15) is 24.7 Å². The highest BCUT2D eigenvalue weighted by Gasteiger charge is 2.11. The monoisotopic (exact) mass is 304 g/mol. The van der Waals surface area contributed by atoms with Crippen molar-refractivity contribution in [3.05, 3.63) is 41.5 Å². The Balaban J connectivity index is 1.99. The van der Waals surface area contributed by atoms with E-state index in [0.29, 0.717) is 36.4 Å². The summed E-state index contributed by atoms with van der Waals surface area (Å²) >= 11 is 0. The van der Waals surface area contributed by atoms with Crippen molar-refractivity contribution >= 4 is 11.5 Å². The van der Waals surface area contributed by atoms with E-state index in [1.807, 2.05) is 6.92 Å². The summed E-state index contributed by atoms with van der Waals surface area (Å²) in [5.74, 6) is 1.36. The van der Waals surface area contributed by atoms with Crippen LogP contribution >= 0.6 is 0 Å². The predicted molar refractivity (Wildman–Crippen MR) is 85.6 cm³/mol. The van der Waals surface area contributed by atoms with Crippen LogP contribution in [0.5, 0.6) is 5.88 Å². The van der Waals surface area contributed by atoms with Gasteiger partial charge in [-0.25, -0.2) is 9.37 Å². The lowest BCUT2D eigenvalue weighted by molar-refractivity contribution is 0.306. The molecule has 5 nitrogen and oxygen atoms in total. The average molecular weight is 304 g/mol. The summed E-state index contributed by atoms with van der Waals surface area (Å²) in [4.78, 5) is 8.51. The molecule has 2 rings (SSSR count). The van der Waals surface area contributed by atoms with E-state index in [4.69, 9.17) is 10.5 Å². The maximum absolute atomic E-state index is 12.9. The summed E-state index contributed by atoms with van der Waals surface area (Å²) in [6.07, 6.45) is 1.63. The molecule has 22 heavy (non-hydrogen) atoms. The van der Waals surface area contributed by atoms with Gasteiger partial charge in [-0.3, -0.25) is 0 Å². The number of anilines is 2. The van der Waals surface area contributed by atoms with Crippen molar-refractivity contribution in [2.75, 3.05) is 24.2 Å². The number of hydrogen-bond donors (Lipinski definition) is 2. The van der Waals surface area contributed by atoms with E-state index in [9.17, 15) is 4.39 Å². The van der Waals surface area contributed by atoms with Gasteiger partial charge in [0.25, 0.3) is 0 Å². The molecule has 0 radical (unpaired) electrons. The molecule has 0 atom stereocenters. The van der Waals surface area contributed by atoms with Crippen LogP contribution in [0.25, 0.3) is 0 Å². The van der Waals surface area contributed by atoms with Crippen LogP contribution in [0.4, 0.5) is 15.9 Å². The number of hydrogen-bond acceptors (Lipinski definition) is 5. The Kier molecular flexibility index (Phi) is 5.52. The topological polar surface area (TPSA) is 73.1 Å². The minimum absolute atomic E-state index is 0.231. The zero-order chi connectivity index (χ0) is 15.9. The van der Waals surface area contributed by atoms with E-state index >= 15 is 0 Å². The Morgan fingerprint density at radius 1 is 1.23 bits per heavy atom. The smallest absolute Gasteiger partial charge is 0.242 e. The number of halogens is 1. The predicted octanol–water partition coefficient (Wildman–Crippen LogP) is 2.95. The molecular weight excluding hydrogens is 283 g/mol. The van der Waals surface area contributed by atoms with E-state index in [-0.39, 0.29) is 5.82 Å². The summed E-state index contributed by atoms with van der Waals surface area (Å²) in [5, 5.41) is 3.18. The van der Waals surface area contributed by atoms with Crippen molar-refractivity contribution < 1.29 is 9.13 Å². The summed E-state index contributed by atoms with van der Waals surface area (Å²) < 4.78 is 18.4. The molecule has 0 saturated carbocycles. The first-order valence-corrected chi connectivity index (χ1v) is 7.35. The number of aryl methyl sites for hydroxylation is 1. The summed E-state index contributed by atoms with van der Waals surface area (Å²) in [5.41, 5.74) is 7.49. The van der Waals surface area contributed by atoms with Crippen LogP contribution in [0.3, 0.4) is 0 Å². The fraction of sp³-hybridized carbons (Fsp3) is 0.375. The molecule has 1 aromatic carbocycles. The van der Waals surface area contributed by atoms with Crippen LogP contribution in [-0.4, -0.2) is 23.1 Å². The molecule has 3 N–H and O–H groups in total. The van der Waals surface area contributed by atoms with Gasteiger partial charge in [0.2, 0.25) is 5.88 Å². The molecule has 0 amide bonds. The van der Waals surface area contributed by atoms with E-state index in [1.54, 1.807) is 19.1 Å². The van der Waals surface area contributed by atoms with Gasteiger partial charge in [-0.05, 0) is 37.5 Å². The number of nitrogens with zero attached hydrogens (tertiary/aromatic N) is 2. The van der Waals surface area contributed by atoms with Crippen LogP contribution < -0.4 is 15.8 Å². The maximum atomic E-state index is 12.9. The maximum Gasteiger partial charge on any atom is 0.242 e. The van der Waals surface area contributed by atoms with Crippen LogP contribution in [0, 0.1) is 12.7 Å². The van der Waals surface area contributed by atoms with E-state index in [0.717, 1.165) is 18.4 Å². The third-order valence-corrected chi connectivity index (χ3v) is 3.08. The lowest BCUT2D eigenvalue weighted by Gasteiger charge is -2.13. The molecule has 0 fully saturated rings. The SMILES string of the molecule is CCCOc1nc(C)nc(NCCc2ccc(F)cc2)c1N. The second kappa shape index (κ2) is 7.59. The number of nitrogen functional groups attached to an aromatic ring is 1. The van der Waals surface area contributed by atoms with Gasteiger partial charge in [0.15, 0.2) is 5.82 Å². The third-order valence-electron chi connectivity index (χ3n) is 3.08. The van der Waals surface area contributed by atoms with Gasteiger partial charge in [0, 0.05) is 6.54 Å². The van der Waals surface area contributed by atoms with Gasteiger partial charge in [0.05, 0.1) is 6.61 Å². The van der Waals surface area contributed by atoms with Gasteiger partial charge in [0.1, 0.15) is 17.3 Å². The Morgan fingerprint density at radius 3 is 2.64 bits per heavy atom. The van der Waals surface area contributed by atoms with Crippen molar-refractivity contribution in [1.82, 2.24) is 9.97 Å². The molecule has 0 saturated heterocycles. The zero-order valence-corrected chi connectivity index (χ0v) is 12.9. The van der Waals surface area contributed by atoms with Gasteiger partial charge in [-0.1, -0.05) is 19.1 Å². The molecule has 1 heterocycles. The van der Waals surface area contributed by atoms with Crippen molar-refractivity contribution in [1.29, 1.82) is 0 Å². The van der Waals surface area contributed by atoms with Crippen molar-refractivity contribution in [2.45, 2.75) is 26.7 Å². The summed E-state index contributed by atoms with van der Waals surface area (Å²) in [6.45, 7) is 5.02. The first-order chi connectivity index (χ1) is 10.6. The highest BCUT2D eigenvalue weighted by atomic mass is 19.1. The second-order valence-electron chi connectivity index (χ2n) is 4.99. The minimum atomic E-state index is -0.231. The van der Waals surface area contributed by atoms with Gasteiger partial charge < -0.3 is 15.8 Å².